The molecular formula is C13H15N3S. The molecule has 1 aromatic heterocycles. The minimum Gasteiger partial charge on any atom is -0.370 e. The zero-order valence-corrected chi connectivity index (χ0v) is 10.8. The zero-order valence-electron chi connectivity index (χ0n) is 9.97. The Labute approximate surface area is 106 Å². The van der Waals surface area contributed by atoms with Crippen molar-refractivity contribution in [2.24, 2.45) is 0 Å². The van der Waals surface area contributed by atoms with E-state index in [1.807, 2.05) is 6.07 Å². The Morgan fingerprint density at radius 1 is 1.24 bits per heavy atom. The second-order valence-corrected chi connectivity index (χ2v) is 4.78. The van der Waals surface area contributed by atoms with E-state index in [9.17, 15) is 0 Å². The van der Waals surface area contributed by atoms with Crippen molar-refractivity contribution in [3.05, 3.63) is 42.2 Å². The zero-order chi connectivity index (χ0) is 12.1. The second-order valence-electron chi connectivity index (χ2n) is 3.69. The fourth-order valence-corrected chi connectivity index (χ4v) is 2.38. The maximum Gasteiger partial charge on any atom is 0.130 e. The van der Waals surface area contributed by atoms with E-state index in [1.54, 1.807) is 18.1 Å². The number of anilines is 1. The first kappa shape index (κ1) is 11.9. The lowest BCUT2D eigenvalue weighted by Gasteiger charge is -2.04. The topological polar surface area (TPSA) is 37.8 Å². The molecule has 0 unspecified atom stereocenters. The molecule has 2 rings (SSSR count). The molecule has 88 valence electrons. The summed E-state index contributed by atoms with van der Waals surface area (Å²) in [7, 11) is 0. The van der Waals surface area contributed by atoms with Crippen LogP contribution in [0.25, 0.3) is 0 Å². The van der Waals surface area contributed by atoms with Gasteiger partial charge in [-0.1, -0.05) is 29.5 Å². The molecule has 0 bridgehead atoms. The summed E-state index contributed by atoms with van der Waals surface area (Å²) in [6, 6.07) is 10.4. The van der Waals surface area contributed by atoms with Crippen molar-refractivity contribution in [3.63, 3.8) is 0 Å². The van der Waals surface area contributed by atoms with Crippen molar-refractivity contribution in [2.75, 3.05) is 11.9 Å². The van der Waals surface area contributed by atoms with E-state index in [-0.39, 0.29) is 0 Å². The van der Waals surface area contributed by atoms with Crippen LogP contribution in [-0.2, 0) is 0 Å². The summed E-state index contributed by atoms with van der Waals surface area (Å²) in [4.78, 5) is 9.61. The van der Waals surface area contributed by atoms with Crippen LogP contribution in [0.4, 0.5) is 5.82 Å². The highest BCUT2D eigenvalue weighted by Crippen LogP contribution is 2.27. The molecule has 0 aliphatic rings. The van der Waals surface area contributed by atoms with Gasteiger partial charge in [-0.15, -0.1) is 0 Å². The summed E-state index contributed by atoms with van der Waals surface area (Å²) in [6.45, 7) is 5.01. The van der Waals surface area contributed by atoms with Gasteiger partial charge in [-0.3, -0.25) is 0 Å². The number of hydrogen-bond donors (Lipinski definition) is 1. The maximum absolute atomic E-state index is 4.26. The molecule has 2 aromatic rings. The largest absolute Gasteiger partial charge is 0.370 e. The van der Waals surface area contributed by atoms with Crippen LogP contribution >= 0.6 is 11.8 Å². The van der Waals surface area contributed by atoms with Gasteiger partial charge in [-0.25, -0.2) is 9.97 Å². The average Bonchev–Trinajstić information content (AvgIpc) is 2.30. The van der Waals surface area contributed by atoms with Crippen molar-refractivity contribution in [2.45, 2.75) is 23.8 Å². The van der Waals surface area contributed by atoms with Gasteiger partial charge < -0.3 is 5.32 Å². The highest BCUT2D eigenvalue weighted by atomic mass is 32.2. The van der Waals surface area contributed by atoms with Gasteiger partial charge in [0, 0.05) is 17.5 Å². The first-order valence-electron chi connectivity index (χ1n) is 5.58. The minimum absolute atomic E-state index is 0.867. The number of nitrogens with zero attached hydrogens (tertiary/aromatic N) is 2. The third-order valence-electron chi connectivity index (χ3n) is 2.21. The molecule has 3 nitrogen and oxygen atoms in total. The van der Waals surface area contributed by atoms with Crippen LogP contribution in [0.3, 0.4) is 0 Å². The van der Waals surface area contributed by atoms with Gasteiger partial charge in [-0.05, 0) is 26.0 Å². The lowest BCUT2D eigenvalue weighted by Crippen LogP contribution is -1.99. The highest BCUT2D eigenvalue weighted by Gasteiger charge is 2.01. The monoisotopic (exact) mass is 245 g/mol. The molecule has 0 saturated carbocycles. The molecule has 1 N–H and O–H groups in total. The third-order valence-corrected chi connectivity index (χ3v) is 3.13. The molecule has 1 aromatic carbocycles. The summed E-state index contributed by atoms with van der Waals surface area (Å²) in [5.41, 5.74) is 1.26. The van der Waals surface area contributed by atoms with Crippen LogP contribution in [0.2, 0.25) is 0 Å². The van der Waals surface area contributed by atoms with Crippen molar-refractivity contribution in [1.29, 1.82) is 0 Å². The number of aromatic nitrogens is 2. The lowest BCUT2D eigenvalue weighted by molar-refractivity contribution is 1.03. The molecule has 0 saturated heterocycles. The van der Waals surface area contributed by atoms with E-state index in [0.29, 0.717) is 0 Å². The lowest BCUT2D eigenvalue weighted by atomic mass is 10.2. The van der Waals surface area contributed by atoms with Gasteiger partial charge in [0.1, 0.15) is 17.2 Å². The van der Waals surface area contributed by atoms with Gasteiger partial charge in [-0.2, -0.15) is 0 Å². The van der Waals surface area contributed by atoms with Crippen molar-refractivity contribution in [1.82, 2.24) is 9.97 Å². The van der Waals surface area contributed by atoms with Crippen LogP contribution in [-0.4, -0.2) is 16.5 Å². The molecule has 1 heterocycles. The first-order valence-corrected chi connectivity index (χ1v) is 6.40. The number of benzene rings is 1. The SMILES string of the molecule is CCNc1cc(Sc2cccc(C)c2)ncn1. The van der Waals surface area contributed by atoms with Crippen molar-refractivity contribution >= 4 is 17.6 Å². The van der Waals surface area contributed by atoms with Crippen LogP contribution < -0.4 is 5.32 Å². The number of nitrogens with one attached hydrogen (secondary N) is 1. The van der Waals surface area contributed by atoms with Gasteiger partial charge in [0.15, 0.2) is 0 Å². The Morgan fingerprint density at radius 3 is 2.88 bits per heavy atom. The van der Waals surface area contributed by atoms with Gasteiger partial charge in [0.05, 0.1) is 0 Å². The Bertz CT molecular complexity index is 500. The van der Waals surface area contributed by atoms with Crippen molar-refractivity contribution in [3.8, 4) is 0 Å². The summed E-state index contributed by atoms with van der Waals surface area (Å²) < 4.78 is 0. The molecule has 0 spiro atoms. The molecule has 0 amide bonds. The Kier molecular flexibility index (Phi) is 3.98. The molecular weight excluding hydrogens is 230 g/mol. The van der Waals surface area contributed by atoms with E-state index in [0.717, 1.165) is 17.4 Å². The Morgan fingerprint density at radius 2 is 2.12 bits per heavy atom. The fourth-order valence-electron chi connectivity index (χ4n) is 1.47. The van der Waals surface area contributed by atoms with E-state index >= 15 is 0 Å². The molecule has 0 fully saturated rings. The van der Waals surface area contributed by atoms with E-state index in [2.05, 4.69) is 53.4 Å². The average molecular weight is 245 g/mol. The van der Waals surface area contributed by atoms with Crippen molar-refractivity contribution < 1.29 is 0 Å². The molecule has 0 atom stereocenters. The van der Waals surface area contributed by atoms with E-state index < -0.39 is 0 Å². The quantitative estimate of drug-likeness (QED) is 0.838. The number of hydrogen-bond acceptors (Lipinski definition) is 4. The summed E-state index contributed by atoms with van der Waals surface area (Å²) in [5.74, 6) is 0.873. The van der Waals surface area contributed by atoms with Crippen LogP contribution in [0, 0.1) is 6.92 Å². The Balaban J connectivity index is 2.15. The predicted molar refractivity (Wildman–Crippen MR) is 71.5 cm³/mol. The summed E-state index contributed by atoms with van der Waals surface area (Å²) >= 11 is 1.65. The summed E-state index contributed by atoms with van der Waals surface area (Å²) in [5, 5.41) is 4.14. The van der Waals surface area contributed by atoms with Crippen LogP contribution in [0.15, 0.2) is 46.6 Å². The normalized spacial score (nSPS) is 10.2. The Hall–Kier alpha value is -1.55. The number of rotatable bonds is 4. The van der Waals surface area contributed by atoms with E-state index in [4.69, 9.17) is 0 Å². The summed E-state index contributed by atoms with van der Waals surface area (Å²) in [6.07, 6.45) is 1.59. The van der Waals surface area contributed by atoms with Gasteiger partial charge >= 0.3 is 0 Å². The minimum atomic E-state index is 0.867. The predicted octanol–water partition coefficient (Wildman–Crippen LogP) is 3.37. The molecule has 0 radical (unpaired) electrons. The highest BCUT2D eigenvalue weighted by molar-refractivity contribution is 7.99. The second kappa shape index (κ2) is 5.68. The van der Waals surface area contributed by atoms with Gasteiger partial charge in [0.25, 0.3) is 0 Å². The van der Waals surface area contributed by atoms with E-state index in [1.165, 1.54) is 10.5 Å². The van der Waals surface area contributed by atoms with Crippen LogP contribution in [0.1, 0.15) is 12.5 Å². The molecule has 17 heavy (non-hydrogen) atoms. The van der Waals surface area contributed by atoms with Crippen LogP contribution in [0.5, 0.6) is 0 Å². The number of aryl methyl sites for hydroxylation is 1. The smallest absolute Gasteiger partial charge is 0.130 e. The van der Waals surface area contributed by atoms with Gasteiger partial charge in [0.2, 0.25) is 0 Å². The first-order chi connectivity index (χ1) is 8.28. The fraction of sp³-hybridized carbons (Fsp3) is 0.231. The molecule has 4 heteroatoms. The third kappa shape index (κ3) is 3.46. The molecule has 0 aliphatic carbocycles. The maximum atomic E-state index is 4.26. The standard InChI is InChI=1S/C13H15N3S/c1-3-14-12-8-13(16-9-15-12)17-11-6-4-5-10(2)7-11/h4-9H,3H2,1-2H3,(H,14,15,16). The molecule has 0 aliphatic heterocycles.